The SMILES string of the molecule is Cc1cc(C(=O)O)ccc1NS(=O)(=O)c1ccc(Br)cc1. The first-order valence-corrected chi connectivity index (χ1v) is 8.19. The first kappa shape index (κ1) is 15.5. The van der Waals surface area contributed by atoms with Crippen LogP contribution in [0.4, 0.5) is 5.69 Å². The number of hydrogen-bond acceptors (Lipinski definition) is 3. The van der Waals surface area contributed by atoms with Gasteiger partial charge < -0.3 is 5.11 Å². The van der Waals surface area contributed by atoms with Gasteiger partial charge in [0.15, 0.2) is 0 Å². The van der Waals surface area contributed by atoms with Crippen LogP contribution in [0.2, 0.25) is 0 Å². The molecule has 0 bridgehead atoms. The fourth-order valence-corrected chi connectivity index (χ4v) is 3.12. The highest BCUT2D eigenvalue weighted by molar-refractivity contribution is 9.10. The van der Waals surface area contributed by atoms with E-state index in [9.17, 15) is 13.2 Å². The second-order valence-electron chi connectivity index (χ2n) is 4.39. The Morgan fingerprint density at radius 2 is 1.76 bits per heavy atom. The molecule has 0 saturated heterocycles. The van der Waals surface area contributed by atoms with Gasteiger partial charge in [-0.3, -0.25) is 4.72 Å². The second-order valence-corrected chi connectivity index (χ2v) is 6.99. The van der Waals surface area contributed by atoms with E-state index in [1.807, 2.05) is 0 Å². The van der Waals surface area contributed by atoms with E-state index in [-0.39, 0.29) is 10.5 Å². The molecular weight excluding hydrogens is 358 g/mol. The second kappa shape index (κ2) is 5.87. The molecule has 0 radical (unpaired) electrons. The van der Waals surface area contributed by atoms with Crippen LogP contribution < -0.4 is 4.72 Å². The van der Waals surface area contributed by atoms with Crippen molar-refractivity contribution >= 4 is 37.6 Å². The zero-order chi connectivity index (χ0) is 15.6. The summed E-state index contributed by atoms with van der Waals surface area (Å²) in [4.78, 5) is 11.0. The molecule has 0 unspecified atom stereocenters. The molecule has 0 fully saturated rings. The van der Waals surface area contributed by atoms with Crippen molar-refractivity contribution in [2.75, 3.05) is 4.72 Å². The lowest BCUT2D eigenvalue weighted by atomic mass is 10.1. The molecule has 2 aromatic carbocycles. The number of nitrogens with one attached hydrogen (secondary N) is 1. The van der Waals surface area contributed by atoms with Gasteiger partial charge in [-0.2, -0.15) is 0 Å². The van der Waals surface area contributed by atoms with Gasteiger partial charge in [-0.15, -0.1) is 0 Å². The molecule has 2 aromatic rings. The smallest absolute Gasteiger partial charge is 0.335 e. The minimum absolute atomic E-state index is 0.110. The molecule has 0 aliphatic heterocycles. The number of sulfonamides is 1. The minimum atomic E-state index is -3.70. The number of carboxylic acid groups (broad SMARTS) is 1. The Hall–Kier alpha value is -1.86. The molecule has 0 amide bonds. The van der Waals surface area contributed by atoms with Gasteiger partial charge in [-0.05, 0) is 55.0 Å². The molecule has 0 aliphatic rings. The Morgan fingerprint density at radius 1 is 1.14 bits per heavy atom. The number of rotatable bonds is 4. The molecule has 0 heterocycles. The number of benzene rings is 2. The van der Waals surface area contributed by atoms with Gasteiger partial charge in [-0.25, -0.2) is 13.2 Å². The van der Waals surface area contributed by atoms with E-state index in [1.165, 1.54) is 30.3 Å². The predicted octanol–water partition coefficient (Wildman–Crippen LogP) is 3.26. The summed E-state index contributed by atoms with van der Waals surface area (Å²) in [7, 11) is -3.70. The molecule has 7 heteroatoms. The van der Waals surface area contributed by atoms with Crippen molar-refractivity contribution in [3.63, 3.8) is 0 Å². The van der Waals surface area contributed by atoms with Gasteiger partial charge in [0.25, 0.3) is 10.0 Å². The first-order valence-electron chi connectivity index (χ1n) is 5.92. The number of hydrogen-bond donors (Lipinski definition) is 2. The monoisotopic (exact) mass is 369 g/mol. The maximum Gasteiger partial charge on any atom is 0.335 e. The lowest BCUT2D eigenvalue weighted by molar-refractivity contribution is 0.0697. The Bertz CT molecular complexity index is 785. The molecule has 2 N–H and O–H groups in total. The molecule has 21 heavy (non-hydrogen) atoms. The fraction of sp³-hybridized carbons (Fsp3) is 0.0714. The van der Waals surface area contributed by atoms with E-state index in [2.05, 4.69) is 20.7 Å². The van der Waals surface area contributed by atoms with Crippen LogP contribution in [-0.4, -0.2) is 19.5 Å². The summed E-state index contributed by atoms with van der Waals surface area (Å²) in [6, 6.07) is 10.4. The van der Waals surface area contributed by atoms with E-state index >= 15 is 0 Å². The van der Waals surface area contributed by atoms with Crippen LogP contribution in [0.5, 0.6) is 0 Å². The van der Waals surface area contributed by atoms with E-state index in [4.69, 9.17) is 5.11 Å². The van der Waals surface area contributed by atoms with Crippen molar-refractivity contribution in [1.29, 1.82) is 0 Å². The number of anilines is 1. The summed E-state index contributed by atoms with van der Waals surface area (Å²) in [5.41, 5.74) is 0.998. The quantitative estimate of drug-likeness (QED) is 0.866. The molecule has 0 aromatic heterocycles. The Kier molecular flexibility index (Phi) is 4.34. The average molecular weight is 370 g/mol. The summed E-state index contributed by atoms with van der Waals surface area (Å²) in [6.07, 6.45) is 0. The number of carboxylic acids is 1. The summed E-state index contributed by atoms with van der Waals surface area (Å²) in [5.74, 6) is -1.06. The molecule has 0 aliphatic carbocycles. The van der Waals surface area contributed by atoms with Crippen LogP contribution in [-0.2, 0) is 10.0 Å². The van der Waals surface area contributed by atoms with Crippen molar-refractivity contribution in [2.45, 2.75) is 11.8 Å². The minimum Gasteiger partial charge on any atom is -0.478 e. The van der Waals surface area contributed by atoms with Crippen LogP contribution >= 0.6 is 15.9 Å². The number of carbonyl (C=O) groups is 1. The maximum absolute atomic E-state index is 12.2. The van der Waals surface area contributed by atoms with E-state index in [0.717, 1.165) is 4.47 Å². The van der Waals surface area contributed by atoms with Gasteiger partial charge in [-0.1, -0.05) is 15.9 Å². The summed E-state index contributed by atoms with van der Waals surface area (Å²) in [5, 5.41) is 8.89. The summed E-state index contributed by atoms with van der Waals surface area (Å²) < 4.78 is 27.7. The first-order chi connectivity index (χ1) is 9.79. The van der Waals surface area contributed by atoms with Crippen LogP contribution in [0.25, 0.3) is 0 Å². The molecule has 0 spiro atoms. The highest BCUT2D eigenvalue weighted by atomic mass is 79.9. The van der Waals surface area contributed by atoms with E-state index in [1.54, 1.807) is 19.1 Å². The Balaban J connectivity index is 2.32. The zero-order valence-corrected chi connectivity index (χ0v) is 13.4. The fourth-order valence-electron chi connectivity index (χ4n) is 1.73. The summed E-state index contributed by atoms with van der Waals surface area (Å²) in [6.45, 7) is 1.64. The number of aryl methyl sites for hydroxylation is 1. The Labute approximate surface area is 130 Å². The van der Waals surface area contributed by atoms with Gasteiger partial charge in [0.1, 0.15) is 0 Å². The molecule has 2 rings (SSSR count). The highest BCUT2D eigenvalue weighted by Gasteiger charge is 2.15. The standard InChI is InChI=1S/C14H12BrNO4S/c1-9-8-10(14(17)18)2-7-13(9)16-21(19,20)12-5-3-11(15)4-6-12/h2-8,16H,1H3,(H,17,18). The van der Waals surface area contributed by atoms with Gasteiger partial charge in [0.05, 0.1) is 16.1 Å². The van der Waals surface area contributed by atoms with Crippen LogP contribution in [0.15, 0.2) is 51.8 Å². The largest absolute Gasteiger partial charge is 0.478 e. The van der Waals surface area contributed by atoms with Gasteiger partial charge in [0, 0.05) is 4.47 Å². The normalized spacial score (nSPS) is 11.1. The molecule has 0 saturated carbocycles. The maximum atomic E-state index is 12.2. The van der Waals surface area contributed by atoms with Gasteiger partial charge in [0.2, 0.25) is 0 Å². The third-order valence-corrected chi connectivity index (χ3v) is 4.75. The highest BCUT2D eigenvalue weighted by Crippen LogP contribution is 2.22. The Morgan fingerprint density at radius 3 is 2.29 bits per heavy atom. The van der Waals surface area contributed by atoms with E-state index < -0.39 is 16.0 Å². The van der Waals surface area contributed by atoms with Crippen molar-refractivity contribution < 1.29 is 18.3 Å². The van der Waals surface area contributed by atoms with Crippen molar-refractivity contribution in [3.05, 3.63) is 58.1 Å². The number of aromatic carboxylic acids is 1. The van der Waals surface area contributed by atoms with Crippen LogP contribution in [0.3, 0.4) is 0 Å². The third kappa shape index (κ3) is 3.62. The van der Waals surface area contributed by atoms with Crippen molar-refractivity contribution in [1.82, 2.24) is 0 Å². The topological polar surface area (TPSA) is 83.5 Å². The lowest BCUT2D eigenvalue weighted by Gasteiger charge is -2.11. The molecule has 110 valence electrons. The molecular formula is C14H12BrNO4S. The van der Waals surface area contributed by atoms with Crippen molar-refractivity contribution in [3.8, 4) is 0 Å². The van der Waals surface area contributed by atoms with Crippen LogP contribution in [0, 0.1) is 6.92 Å². The summed E-state index contributed by atoms with van der Waals surface area (Å²) >= 11 is 3.24. The zero-order valence-electron chi connectivity index (χ0n) is 11.0. The van der Waals surface area contributed by atoms with E-state index in [0.29, 0.717) is 11.3 Å². The molecule has 5 nitrogen and oxygen atoms in total. The van der Waals surface area contributed by atoms with Crippen LogP contribution in [0.1, 0.15) is 15.9 Å². The molecule has 0 atom stereocenters. The number of halogens is 1. The third-order valence-electron chi connectivity index (χ3n) is 2.84. The average Bonchev–Trinajstić information content (AvgIpc) is 2.41. The lowest BCUT2D eigenvalue weighted by Crippen LogP contribution is -2.14. The van der Waals surface area contributed by atoms with Gasteiger partial charge >= 0.3 is 5.97 Å². The predicted molar refractivity (Wildman–Crippen MR) is 83.1 cm³/mol. The van der Waals surface area contributed by atoms with Crippen molar-refractivity contribution in [2.24, 2.45) is 0 Å².